The van der Waals surface area contributed by atoms with E-state index in [-0.39, 0.29) is 6.61 Å². The molecule has 7 aromatic carbocycles. The molecule has 7 aromatic rings. The molecule has 1 heterocycles. The minimum Gasteiger partial charge on any atom is -0.496 e. The van der Waals surface area contributed by atoms with Gasteiger partial charge in [-0.2, -0.15) is 0 Å². The molecule has 0 aromatic heterocycles. The SMILES string of the molecule is COc1cc(OCc2ccccc2)c([C@@H]2O[C@H](COCc3ccccc3)[C@@H](OCc3ccccc3)[C@H](OCc3ccccc3)[C@H]2OCc2ccccc2)cc1Cc1ccc2c(c1)CC2. The smallest absolute Gasteiger partial charge is 0.129 e. The Morgan fingerprint density at radius 1 is 0.453 bits per heavy atom. The Balaban J connectivity index is 1.15. The van der Waals surface area contributed by atoms with Crippen LogP contribution in [-0.4, -0.2) is 38.1 Å². The van der Waals surface area contributed by atoms with Crippen LogP contribution >= 0.6 is 0 Å². The van der Waals surface area contributed by atoms with E-state index < -0.39 is 30.5 Å². The Labute approximate surface area is 377 Å². The second-order valence-electron chi connectivity index (χ2n) is 16.6. The zero-order chi connectivity index (χ0) is 43.3. The van der Waals surface area contributed by atoms with Crippen molar-refractivity contribution < 1.29 is 33.2 Å². The molecular weight excluding hydrogens is 797 g/mol. The van der Waals surface area contributed by atoms with Crippen molar-refractivity contribution in [1.82, 2.24) is 0 Å². The highest BCUT2D eigenvalue weighted by molar-refractivity contribution is 5.51. The number of aryl methyl sites for hydroxylation is 2. The fourth-order valence-electron chi connectivity index (χ4n) is 8.65. The Hall–Kier alpha value is -6.06. The molecule has 64 heavy (non-hydrogen) atoms. The molecule has 1 aliphatic heterocycles. The van der Waals surface area contributed by atoms with Crippen molar-refractivity contribution in [2.75, 3.05) is 13.7 Å². The normalized spacial score (nSPS) is 19.0. The summed E-state index contributed by atoms with van der Waals surface area (Å²) in [7, 11) is 1.72. The van der Waals surface area contributed by atoms with Gasteiger partial charge in [0, 0.05) is 18.1 Å². The van der Waals surface area contributed by atoms with Crippen molar-refractivity contribution in [2.24, 2.45) is 0 Å². The Kier molecular flexibility index (Phi) is 14.5. The van der Waals surface area contributed by atoms with Crippen LogP contribution in [0.1, 0.15) is 61.7 Å². The minimum absolute atomic E-state index is 0.250. The van der Waals surface area contributed by atoms with E-state index in [2.05, 4.69) is 84.9 Å². The van der Waals surface area contributed by atoms with Crippen molar-refractivity contribution in [2.45, 2.75) is 82.8 Å². The largest absolute Gasteiger partial charge is 0.496 e. The molecule has 7 heteroatoms. The van der Waals surface area contributed by atoms with Crippen molar-refractivity contribution in [3.05, 3.63) is 238 Å². The first-order valence-corrected chi connectivity index (χ1v) is 22.4. The predicted octanol–water partition coefficient (Wildman–Crippen LogP) is 11.4. The Bertz CT molecular complexity index is 2500. The van der Waals surface area contributed by atoms with Gasteiger partial charge >= 0.3 is 0 Å². The topological polar surface area (TPSA) is 64.6 Å². The van der Waals surface area contributed by atoms with E-state index in [9.17, 15) is 0 Å². The highest BCUT2D eigenvalue weighted by Gasteiger charge is 2.50. The molecule has 1 aliphatic carbocycles. The number of rotatable bonds is 20. The average Bonchev–Trinajstić information content (AvgIpc) is 3.34. The quantitative estimate of drug-likeness (QED) is 0.0757. The maximum atomic E-state index is 7.43. The summed E-state index contributed by atoms with van der Waals surface area (Å²) in [4.78, 5) is 0. The first-order valence-electron chi connectivity index (χ1n) is 22.4. The summed E-state index contributed by atoms with van der Waals surface area (Å²) in [6.07, 6.45) is -0.131. The van der Waals surface area contributed by atoms with Crippen LogP contribution in [0.4, 0.5) is 0 Å². The second kappa shape index (κ2) is 21.5. The van der Waals surface area contributed by atoms with Gasteiger partial charge in [-0.15, -0.1) is 0 Å². The van der Waals surface area contributed by atoms with Crippen LogP contribution in [0.15, 0.2) is 182 Å². The Morgan fingerprint density at radius 3 is 1.47 bits per heavy atom. The van der Waals surface area contributed by atoms with Crippen LogP contribution in [0, 0.1) is 0 Å². The molecule has 326 valence electrons. The van der Waals surface area contributed by atoms with Gasteiger partial charge in [0.1, 0.15) is 48.6 Å². The number of hydrogen-bond acceptors (Lipinski definition) is 7. The Morgan fingerprint density at radius 2 is 0.953 bits per heavy atom. The third-order valence-electron chi connectivity index (χ3n) is 12.2. The predicted molar refractivity (Wildman–Crippen MR) is 249 cm³/mol. The lowest BCUT2D eigenvalue weighted by Crippen LogP contribution is -2.58. The molecule has 1 saturated heterocycles. The summed E-state index contributed by atoms with van der Waals surface area (Å²) < 4.78 is 48.2. The lowest BCUT2D eigenvalue weighted by atomic mass is 9.85. The van der Waals surface area contributed by atoms with Gasteiger partial charge in [-0.05, 0) is 69.0 Å². The van der Waals surface area contributed by atoms with Crippen LogP contribution in [0.3, 0.4) is 0 Å². The summed E-state index contributed by atoms with van der Waals surface area (Å²) in [5, 5.41) is 0. The molecule has 0 bridgehead atoms. The van der Waals surface area contributed by atoms with Crippen molar-refractivity contribution in [3.63, 3.8) is 0 Å². The van der Waals surface area contributed by atoms with Crippen LogP contribution in [0.5, 0.6) is 11.5 Å². The molecule has 2 aliphatic rings. The molecule has 5 atom stereocenters. The maximum absolute atomic E-state index is 7.43. The first-order chi connectivity index (χ1) is 31.7. The van der Waals surface area contributed by atoms with E-state index in [0.29, 0.717) is 45.2 Å². The van der Waals surface area contributed by atoms with Gasteiger partial charge in [-0.3, -0.25) is 0 Å². The summed E-state index contributed by atoms with van der Waals surface area (Å²) in [6, 6.07) is 62.2. The number of hydrogen-bond donors (Lipinski definition) is 0. The molecule has 0 radical (unpaired) electrons. The van der Waals surface area contributed by atoms with Crippen LogP contribution in [-0.2, 0) is 76.0 Å². The van der Waals surface area contributed by atoms with Gasteiger partial charge in [0.25, 0.3) is 0 Å². The number of fused-ring (bicyclic) bond motifs is 1. The summed E-state index contributed by atoms with van der Waals surface area (Å²) in [5.41, 5.74) is 11.2. The molecular formula is C57H56O7. The van der Waals surface area contributed by atoms with Crippen molar-refractivity contribution in [1.29, 1.82) is 0 Å². The third kappa shape index (κ3) is 11.0. The number of methoxy groups -OCH3 is 1. The van der Waals surface area contributed by atoms with Crippen LogP contribution in [0.25, 0.3) is 0 Å². The van der Waals surface area contributed by atoms with E-state index >= 15 is 0 Å². The summed E-state index contributed by atoms with van der Waals surface area (Å²) in [6.45, 7) is 2.04. The minimum atomic E-state index is -0.668. The van der Waals surface area contributed by atoms with E-state index in [1.807, 2.05) is 97.1 Å². The monoisotopic (exact) mass is 852 g/mol. The molecule has 0 amide bonds. The second-order valence-corrected chi connectivity index (χ2v) is 16.6. The highest BCUT2D eigenvalue weighted by atomic mass is 16.6. The fourth-order valence-corrected chi connectivity index (χ4v) is 8.65. The van der Waals surface area contributed by atoms with E-state index in [4.69, 9.17) is 33.2 Å². The molecule has 7 nitrogen and oxygen atoms in total. The van der Waals surface area contributed by atoms with E-state index in [1.165, 1.54) is 16.7 Å². The van der Waals surface area contributed by atoms with Gasteiger partial charge in [-0.1, -0.05) is 170 Å². The van der Waals surface area contributed by atoms with Gasteiger partial charge < -0.3 is 33.2 Å². The maximum Gasteiger partial charge on any atom is 0.129 e. The molecule has 0 spiro atoms. The van der Waals surface area contributed by atoms with Crippen LogP contribution in [0.2, 0.25) is 0 Å². The molecule has 0 N–H and O–H groups in total. The fraction of sp³-hybridized carbons (Fsp3) is 0.263. The number of benzene rings is 7. The van der Waals surface area contributed by atoms with Gasteiger partial charge in [-0.25, -0.2) is 0 Å². The third-order valence-corrected chi connectivity index (χ3v) is 12.2. The summed E-state index contributed by atoms with van der Waals surface area (Å²) >= 11 is 0. The van der Waals surface area contributed by atoms with E-state index in [1.54, 1.807) is 7.11 Å². The molecule has 1 fully saturated rings. The molecule has 9 rings (SSSR count). The molecule has 0 unspecified atom stereocenters. The van der Waals surface area contributed by atoms with Crippen molar-refractivity contribution in [3.8, 4) is 11.5 Å². The lowest BCUT2D eigenvalue weighted by Gasteiger charge is -2.46. The molecule has 0 saturated carbocycles. The highest BCUT2D eigenvalue weighted by Crippen LogP contribution is 2.44. The lowest BCUT2D eigenvalue weighted by molar-refractivity contribution is -0.275. The van der Waals surface area contributed by atoms with Gasteiger partial charge in [0.2, 0.25) is 0 Å². The zero-order valence-corrected chi connectivity index (χ0v) is 36.4. The van der Waals surface area contributed by atoms with Gasteiger partial charge in [0.05, 0.1) is 40.1 Å². The van der Waals surface area contributed by atoms with Crippen molar-refractivity contribution >= 4 is 0 Å². The summed E-state index contributed by atoms with van der Waals surface area (Å²) in [5.74, 6) is 1.39. The first kappa shape index (κ1) is 43.2. The average molecular weight is 853 g/mol. The van der Waals surface area contributed by atoms with Crippen LogP contribution < -0.4 is 9.47 Å². The van der Waals surface area contributed by atoms with Gasteiger partial charge in [0.15, 0.2) is 0 Å². The number of ether oxygens (including phenoxy) is 7. The van der Waals surface area contributed by atoms with E-state index in [0.717, 1.165) is 57.5 Å². The standard InChI is InChI=1S/C57H56O7/c1-58-51-34-52(60-36-42-19-9-3-10-20-42)50(33-49(51)32-46-27-28-47-29-30-48(47)31-46)54-56(62-38-44-23-13-5-14-24-44)57(63-39-45-25-15-6-16-26-45)55(61-37-43-21-11-4-12-22-43)53(64-54)40-59-35-41-17-7-2-8-18-41/h2-28,31,33-34,53-57H,29-30,32,35-40H2,1H3/t53-,54+,55-,56+,57+/m1/s1. The zero-order valence-electron chi connectivity index (χ0n) is 36.4.